The Morgan fingerprint density at radius 3 is 2.68 bits per heavy atom. The van der Waals surface area contributed by atoms with E-state index in [2.05, 4.69) is 26.3 Å². The molecule has 1 aromatic heterocycles. The van der Waals surface area contributed by atoms with E-state index in [1.165, 1.54) is 0 Å². The summed E-state index contributed by atoms with van der Waals surface area (Å²) in [5.41, 5.74) is 0.609. The zero-order valence-electron chi connectivity index (χ0n) is 11.5. The Morgan fingerprint density at radius 1 is 1.32 bits per heavy atom. The summed E-state index contributed by atoms with van der Waals surface area (Å²) < 4.78 is 1.70. The van der Waals surface area contributed by atoms with Gasteiger partial charge in [0.2, 0.25) is 5.91 Å². The number of nitrogens with zero attached hydrogens (tertiary/aromatic N) is 2. The number of rotatable bonds is 4. The topological polar surface area (TPSA) is 101 Å². The van der Waals surface area contributed by atoms with E-state index >= 15 is 0 Å². The third kappa shape index (κ3) is 3.79. The number of aryl methyl sites for hydroxylation is 1. The zero-order chi connectivity index (χ0) is 16.3. The number of carboxylic acid groups (broad SMARTS) is 1. The minimum atomic E-state index is -1.27. The molecule has 2 N–H and O–H groups in total. The van der Waals surface area contributed by atoms with Gasteiger partial charge in [0.1, 0.15) is 6.54 Å². The van der Waals surface area contributed by atoms with E-state index < -0.39 is 17.4 Å². The average molecular weight is 366 g/mol. The van der Waals surface area contributed by atoms with E-state index in [1.807, 2.05) is 13.0 Å². The highest BCUT2D eigenvalue weighted by atomic mass is 79.9. The largest absolute Gasteiger partial charge is 0.476 e. The van der Waals surface area contributed by atoms with Crippen molar-refractivity contribution in [2.75, 3.05) is 5.32 Å². The van der Waals surface area contributed by atoms with Crippen LogP contribution in [-0.4, -0.2) is 26.8 Å². The van der Waals surface area contributed by atoms with Gasteiger partial charge in [0.25, 0.3) is 5.56 Å². The highest BCUT2D eigenvalue weighted by molar-refractivity contribution is 9.10. The highest BCUT2D eigenvalue weighted by Gasteiger charge is 2.11. The molecule has 0 unspecified atom stereocenters. The summed E-state index contributed by atoms with van der Waals surface area (Å²) in [5.74, 6) is -1.74. The van der Waals surface area contributed by atoms with Crippen LogP contribution in [-0.2, 0) is 11.3 Å². The molecule has 0 saturated carbocycles. The first-order valence-corrected chi connectivity index (χ1v) is 7.03. The third-order valence-electron chi connectivity index (χ3n) is 2.84. The number of carboxylic acids is 1. The minimum absolute atomic E-state index is 0.299. The third-order valence-corrected chi connectivity index (χ3v) is 3.33. The maximum atomic E-state index is 12.0. The SMILES string of the molecule is Cc1cc(Br)ccc1NC(=O)Cn1nc(C(=O)O)ccc1=O. The summed E-state index contributed by atoms with van der Waals surface area (Å²) >= 11 is 3.32. The summed E-state index contributed by atoms with van der Waals surface area (Å²) in [6.07, 6.45) is 0. The van der Waals surface area contributed by atoms with Crippen molar-refractivity contribution in [2.24, 2.45) is 0 Å². The molecular formula is C14H12BrN3O4. The second kappa shape index (κ2) is 6.52. The Bertz CT molecular complexity index is 801. The lowest BCUT2D eigenvalue weighted by Crippen LogP contribution is -2.30. The molecule has 1 amide bonds. The average Bonchev–Trinajstić information content (AvgIpc) is 2.44. The van der Waals surface area contributed by atoms with E-state index in [-0.39, 0.29) is 12.2 Å². The number of anilines is 1. The van der Waals surface area contributed by atoms with Crippen LogP contribution in [0.3, 0.4) is 0 Å². The fourth-order valence-electron chi connectivity index (χ4n) is 1.77. The summed E-state index contributed by atoms with van der Waals surface area (Å²) in [6.45, 7) is 1.46. The second-order valence-corrected chi connectivity index (χ2v) is 5.44. The van der Waals surface area contributed by atoms with Crippen LogP contribution in [0.5, 0.6) is 0 Å². The number of benzene rings is 1. The fraction of sp³-hybridized carbons (Fsp3) is 0.143. The molecule has 0 saturated heterocycles. The van der Waals surface area contributed by atoms with Crippen LogP contribution in [0.2, 0.25) is 0 Å². The van der Waals surface area contributed by atoms with Crippen molar-refractivity contribution in [1.82, 2.24) is 9.78 Å². The molecule has 2 aromatic rings. The van der Waals surface area contributed by atoms with Gasteiger partial charge in [-0.25, -0.2) is 9.48 Å². The van der Waals surface area contributed by atoms with Gasteiger partial charge in [0, 0.05) is 16.2 Å². The maximum absolute atomic E-state index is 12.0. The molecule has 0 radical (unpaired) electrons. The summed E-state index contributed by atoms with van der Waals surface area (Å²) in [4.78, 5) is 34.4. The first kappa shape index (κ1) is 15.9. The summed E-state index contributed by atoms with van der Waals surface area (Å²) in [7, 11) is 0. The standard InChI is InChI=1S/C14H12BrN3O4/c1-8-6-9(15)2-3-10(8)16-12(19)7-18-13(20)5-4-11(17-18)14(21)22/h2-6H,7H2,1H3,(H,16,19)(H,21,22). The maximum Gasteiger partial charge on any atom is 0.356 e. The number of aromatic carboxylic acids is 1. The predicted molar refractivity (Wildman–Crippen MR) is 83.0 cm³/mol. The molecule has 0 atom stereocenters. The van der Waals surface area contributed by atoms with Crippen LogP contribution in [0.25, 0.3) is 0 Å². The van der Waals surface area contributed by atoms with Crippen LogP contribution in [0, 0.1) is 6.92 Å². The number of carbonyl (C=O) groups is 2. The monoisotopic (exact) mass is 365 g/mol. The predicted octanol–water partition coefficient (Wildman–Crippen LogP) is 1.65. The van der Waals surface area contributed by atoms with E-state index in [4.69, 9.17) is 5.11 Å². The Labute approximate surface area is 133 Å². The molecule has 1 aromatic carbocycles. The number of aromatic nitrogens is 2. The number of hydrogen-bond donors (Lipinski definition) is 2. The van der Waals surface area contributed by atoms with Gasteiger partial charge in [-0.15, -0.1) is 0 Å². The molecule has 114 valence electrons. The molecule has 2 rings (SSSR count). The summed E-state index contributed by atoms with van der Waals surface area (Å²) in [5, 5.41) is 15.1. The van der Waals surface area contributed by atoms with Crippen LogP contribution in [0.4, 0.5) is 5.69 Å². The Morgan fingerprint density at radius 2 is 2.05 bits per heavy atom. The van der Waals surface area contributed by atoms with E-state index in [1.54, 1.807) is 12.1 Å². The van der Waals surface area contributed by atoms with Crippen LogP contribution < -0.4 is 10.9 Å². The van der Waals surface area contributed by atoms with E-state index in [9.17, 15) is 14.4 Å². The van der Waals surface area contributed by atoms with Crippen molar-refractivity contribution in [3.05, 3.63) is 56.4 Å². The van der Waals surface area contributed by atoms with Crippen molar-refractivity contribution in [3.63, 3.8) is 0 Å². The quantitative estimate of drug-likeness (QED) is 0.857. The molecule has 0 aliphatic carbocycles. The number of nitrogens with one attached hydrogen (secondary N) is 1. The lowest BCUT2D eigenvalue weighted by Gasteiger charge is -2.09. The number of carbonyl (C=O) groups excluding carboxylic acids is 1. The van der Waals surface area contributed by atoms with Gasteiger partial charge >= 0.3 is 5.97 Å². The lowest BCUT2D eigenvalue weighted by molar-refractivity contribution is -0.117. The molecule has 22 heavy (non-hydrogen) atoms. The molecule has 0 aliphatic rings. The normalized spacial score (nSPS) is 10.3. The van der Waals surface area contributed by atoms with Crippen molar-refractivity contribution < 1.29 is 14.7 Å². The molecule has 0 aliphatic heterocycles. The summed E-state index contributed by atoms with van der Waals surface area (Å²) in [6, 6.07) is 7.50. The van der Waals surface area contributed by atoms with Gasteiger partial charge in [-0.2, -0.15) is 5.10 Å². The zero-order valence-corrected chi connectivity index (χ0v) is 13.1. The smallest absolute Gasteiger partial charge is 0.356 e. The number of halogens is 1. The van der Waals surface area contributed by atoms with Crippen LogP contribution >= 0.6 is 15.9 Å². The van der Waals surface area contributed by atoms with Gasteiger partial charge in [-0.05, 0) is 36.8 Å². The van der Waals surface area contributed by atoms with Gasteiger partial charge in [0.05, 0.1) is 0 Å². The van der Waals surface area contributed by atoms with Gasteiger partial charge < -0.3 is 10.4 Å². The van der Waals surface area contributed by atoms with E-state index in [0.29, 0.717) is 5.69 Å². The Balaban J connectivity index is 2.17. The van der Waals surface area contributed by atoms with Gasteiger partial charge in [-0.1, -0.05) is 15.9 Å². The molecule has 0 fully saturated rings. The van der Waals surface area contributed by atoms with Crippen LogP contribution in [0.15, 0.2) is 39.6 Å². The second-order valence-electron chi connectivity index (χ2n) is 4.53. The fourth-order valence-corrected chi connectivity index (χ4v) is 2.24. The Kier molecular flexibility index (Phi) is 4.71. The van der Waals surface area contributed by atoms with E-state index in [0.717, 1.165) is 26.9 Å². The van der Waals surface area contributed by atoms with Crippen molar-refractivity contribution in [3.8, 4) is 0 Å². The molecule has 7 nitrogen and oxygen atoms in total. The molecule has 1 heterocycles. The molecule has 8 heteroatoms. The lowest BCUT2D eigenvalue weighted by atomic mass is 10.2. The first-order chi connectivity index (χ1) is 10.4. The van der Waals surface area contributed by atoms with Crippen molar-refractivity contribution in [1.29, 1.82) is 0 Å². The first-order valence-electron chi connectivity index (χ1n) is 6.24. The molecular weight excluding hydrogens is 354 g/mol. The van der Waals surface area contributed by atoms with Gasteiger partial charge in [0.15, 0.2) is 5.69 Å². The molecule has 0 bridgehead atoms. The molecule has 0 spiro atoms. The highest BCUT2D eigenvalue weighted by Crippen LogP contribution is 2.19. The van der Waals surface area contributed by atoms with Crippen LogP contribution in [0.1, 0.15) is 16.1 Å². The number of amides is 1. The van der Waals surface area contributed by atoms with Crippen molar-refractivity contribution in [2.45, 2.75) is 13.5 Å². The number of hydrogen-bond acceptors (Lipinski definition) is 4. The Hall–Kier alpha value is -2.48. The minimum Gasteiger partial charge on any atom is -0.476 e. The van der Waals surface area contributed by atoms with Gasteiger partial charge in [-0.3, -0.25) is 9.59 Å². The van der Waals surface area contributed by atoms with Crippen molar-refractivity contribution >= 4 is 33.5 Å².